The molecule has 10 nitrogen and oxygen atoms in total. The summed E-state index contributed by atoms with van der Waals surface area (Å²) >= 11 is 0. The lowest BCUT2D eigenvalue weighted by Gasteiger charge is -2.37. The fraction of sp³-hybridized carbons (Fsp3) is 0.300. The molecule has 2 aliphatic rings. The predicted octanol–water partition coefficient (Wildman–Crippen LogP) is 5.76. The van der Waals surface area contributed by atoms with E-state index in [0.717, 1.165) is 10.9 Å². The highest BCUT2D eigenvalue weighted by atomic mass is 19.4. The number of alkyl halides is 3. The van der Waals surface area contributed by atoms with Crippen molar-refractivity contribution in [3.05, 3.63) is 94.8 Å². The third-order valence-electron chi connectivity index (χ3n) is 7.82. The maximum Gasteiger partial charge on any atom is 0.433 e. The molecule has 5 aromatic rings. The number of nitrogens with one attached hydrogen (secondary N) is 2. The third-order valence-corrected chi connectivity index (χ3v) is 7.82. The van der Waals surface area contributed by atoms with E-state index in [0.29, 0.717) is 48.6 Å². The van der Waals surface area contributed by atoms with Gasteiger partial charge in [-0.1, -0.05) is 18.2 Å². The van der Waals surface area contributed by atoms with Gasteiger partial charge in [0.15, 0.2) is 28.7 Å². The average molecular weight is 611 g/mol. The molecule has 0 radical (unpaired) electrons. The molecule has 2 aromatic carbocycles. The summed E-state index contributed by atoms with van der Waals surface area (Å²) in [5, 5.41) is 3.06. The van der Waals surface area contributed by atoms with Crippen molar-refractivity contribution in [1.29, 1.82) is 0 Å². The monoisotopic (exact) mass is 610 g/mol. The topological polar surface area (TPSA) is 108 Å². The molecule has 0 spiro atoms. The standard InChI is InChI=1S/C30H26F4N6O4/c31-20-14-17(37-21-15-43-26(21)24-27(30(32,33)34)39(16-36-24)18-4-2-1-3-5-18)6-7-22(20)44-23-8-11-35-28-25(23)40(29(41)38-28)19-9-12-42-13-10-19/h1-8,11,14,16,19,21,26,37H,9-10,12-13,15H2,(H,35,38,41). The van der Waals surface area contributed by atoms with Gasteiger partial charge in [-0.05, 0) is 37.1 Å². The van der Waals surface area contributed by atoms with E-state index in [9.17, 15) is 18.0 Å². The van der Waals surface area contributed by atoms with Crippen molar-refractivity contribution < 1.29 is 31.8 Å². The summed E-state index contributed by atoms with van der Waals surface area (Å²) in [4.78, 5) is 23.8. The van der Waals surface area contributed by atoms with Crippen LogP contribution in [-0.4, -0.2) is 49.9 Å². The van der Waals surface area contributed by atoms with E-state index in [1.807, 2.05) is 0 Å². The van der Waals surface area contributed by atoms with Gasteiger partial charge in [-0.15, -0.1) is 0 Å². The van der Waals surface area contributed by atoms with Crippen LogP contribution in [0, 0.1) is 5.82 Å². The fourth-order valence-electron chi connectivity index (χ4n) is 5.72. The molecule has 2 atom stereocenters. The third kappa shape index (κ3) is 5.09. The van der Waals surface area contributed by atoms with Crippen LogP contribution in [0.3, 0.4) is 0 Å². The van der Waals surface area contributed by atoms with E-state index in [4.69, 9.17) is 14.2 Å². The highest BCUT2D eigenvalue weighted by Crippen LogP contribution is 2.41. The van der Waals surface area contributed by atoms with Crippen molar-refractivity contribution in [2.45, 2.75) is 37.2 Å². The zero-order valence-electron chi connectivity index (χ0n) is 23.1. The number of anilines is 1. The number of aromatic nitrogens is 5. The summed E-state index contributed by atoms with van der Waals surface area (Å²) in [5.74, 6) is -0.560. The van der Waals surface area contributed by atoms with Gasteiger partial charge in [0.2, 0.25) is 0 Å². The number of ether oxygens (including phenoxy) is 3. The molecule has 14 heteroatoms. The molecule has 2 unspecified atom stereocenters. The predicted molar refractivity (Wildman–Crippen MR) is 151 cm³/mol. The number of imidazole rings is 2. The molecule has 5 heterocycles. The number of nitrogens with zero attached hydrogens (tertiary/aromatic N) is 4. The highest BCUT2D eigenvalue weighted by molar-refractivity contribution is 5.79. The molecule has 0 bridgehead atoms. The van der Waals surface area contributed by atoms with Crippen molar-refractivity contribution in [2.75, 3.05) is 25.1 Å². The first kappa shape index (κ1) is 28.1. The molecule has 228 valence electrons. The van der Waals surface area contributed by atoms with E-state index in [-0.39, 0.29) is 35.5 Å². The lowest BCUT2D eigenvalue weighted by atomic mass is 10.0. The first-order valence-electron chi connectivity index (χ1n) is 14.0. The van der Waals surface area contributed by atoms with Gasteiger partial charge in [-0.25, -0.2) is 19.2 Å². The van der Waals surface area contributed by atoms with Gasteiger partial charge in [-0.3, -0.25) is 14.1 Å². The van der Waals surface area contributed by atoms with Crippen LogP contribution >= 0.6 is 0 Å². The Balaban J connectivity index is 1.12. The number of rotatable bonds is 7. The smallest absolute Gasteiger partial charge is 0.433 e. The van der Waals surface area contributed by atoms with Crippen molar-refractivity contribution >= 4 is 16.9 Å². The van der Waals surface area contributed by atoms with Crippen LogP contribution in [0.15, 0.2) is 71.9 Å². The van der Waals surface area contributed by atoms with E-state index < -0.39 is 29.8 Å². The van der Waals surface area contributed by atoms with Gasteiger partial charge in [-0.2, -0.15) is 13.2 Å². The van der Waals surface area contributed by atoms with Crippen molar-refractivity contribution in [3.63, 3.8) is 0 Å². The molecular formula is C30H26F4N6O4. The molecule has 0 aliphatic carbocycles. The lowest BCUT2D eigenvalue weighted by Crippen LogP contribution is -2.44. The molecular weight excluding hydrogens is 584 g/mol. The molecule has 2 fully saturated rings. The van der Waals surface area contributed by atoms with Crippen LogP contribution < -0.4 is 15.7 Å². The number of hydrogen-bond donors (Lipinski definition) is 2. The van der Waals surface area contributed by atoms with E-state index >= 15 is 4.39 Å². The Labute approximate surface area is 247 Å². The maximum atomic E-state index is 15.3. The second-order valence-electron chi connectivity index (χ2n) is 10.6. The zero-order valence-corrected chi connectivity index (χ0v) is 23.1. The Bertz CT molecular complexity index is 1860. The first-order chi connectivity index (χ1) is 21.3. The van der Waals surface area contributed by atoms with Crippen LogP contribution in [-0.2, 0) is 15.7 Å². The van der Waals surface area contributed by atoms with Crippen LogP contribution in [0.4, 0.5) is 23.2 Å². The SMILES string of the molecule is O=c1[nH]c2nccc(Oc3ccc(NC4COC4c4ncn(-c5ccccc5)c4C(F)(F)F)cc3F)c2n1C1CCOCC1. The van der Waals surface area contributed by atoms with Crippen LogP contribution in [0.2, 0.25) is 0 Å². The minimum Gasteiger partial charge on any atom is -0.452 e. The summed E-state index contributed by atoms with van der Waals surface area (Å²) < 4.78 is 77.3. The quantitative estimate of drug-likeness (QED) is 0.226. The van der Waals surface area contributed by atoms with Crippen LogP contribution in [0.1, 0.15) is 36.4 Å². The van der Waals surface area contributed by atoms with Crippen molar-refractivity contribution in [1.82, 2.24) is 24.1 Å². The van der Waals surface area contributed by atoms with Gasteiger partial charge in [0, 0.05) is 49.0 Å². The number of para-hydroxylation sites is 1. The molecule has 3 aromatic heterocycles. The van der Waals surface area contributed by atoms with E-state index in [1.165, 1.54) is 18.3 Å². The second-order valence-corrected chi connectivity index (χ2v) is 10.6. The van der Waals surface area contributed by atoms with Gasteiger partial charge in [0.1, 0.15) is 23.6 Å². The number of fused-ring (bicyclic) bond motifs is 1. The first-order valence-corrected chi connectivity index (χ1v) is 14.0. The number of benzene rings is 2. The number of aromatic amines is 1. The minimum atomic E-state index is -4.69. The molecule has 44 heavy (non-hydrogen) atoms. The van der Waals surface area contributed by atoms with Gasteiger partial charge < -0.3 is 19.5 Å². The summed E-state index contributed by atoms with van der Waals surface area (Å²) in [5.41, 5.74) is -0.134. The Morgan fingerprint density at radius 1 is 1.02 bits per heavy atom. The molecule has 0 saturated carbocycles. The van der Waals surface area contributed by atoms with E-state index in [2.05, 4.69) is 20.3 Å². The summed E-state index contributed by atoms with van der Waals surface area (Å²) in [6, 6.07) is 13.1. The Morgan fingerprint density at radius 3 is 2.52 bits per heavy atom. The summed E-state index contributed by atoms with van der Waals surface area (Å²) in [7, 11) is 0. The Morgan fingerprint density at radius 2 is 1.82 bits per heavy atom. The highest BCUT2D eigenvalue weighted by Gasteiger charge is 2.45. The Hall–Kier alpha value is -4.69. The van der Waals surface area contributed by atoms with Crippen molar-refractivity contribution in [2.24, 2.45) is 0 Å². The summed E-state index contributed by atoms with van der Waals surface area (Å²) in [6.07, 6.45) is -1.83. The lowest BCUT2D eigenvalue weighted by molar-refractivity contribution is -0.147. The number of H-pyrrole nitrogens is 1. The zero-order chi connectivity index (χ0) is 30.4. The second kappa shape index (κ2) is 11.1. The van der Waals surface area contributed by atoms with Gasteiger partial charge >= 0.3 is 11.9 Å². The van der Waals surface area contributed by atoms with Crippen LogP contribution in [0.25, 0.3) is 16.9 Å². The Kier molecular flexibility index (Phi) is 7.09. The van der Waals surface area contributed by atoms with Gasteiger partial charge in [0.25, 0.3) is 0 Å². The molecule has 0 amide bonds. The molecule has 2 N–H and O–H groups in total. The van der Waals surface area contributed by atoms with Crippen molar-refractivity contribution in [3.8, 4) is 17.2 Å². The maximum absolute atomic E-state index is 15.3. The molecule has 2 aliphatic heterocycles. The number of halogens is 4. The van der Waals surface area contributed by atoms with Crippen LogP contribution in [0.5, 0.6) is 11.5 Å². The average Bonchev–Trinajstić information content (AvgIpc) is 3.59. The normalized spacial score (nSPS) is 19.2. The fourth-order valence-corrected chi connectivity index (χ4v) is 5.72. The number of hydrogen-bond acceptors (Lipinski definition) is 7. The van der Waals surface area contributed by atoms with Gasteiger partial charge in [0.05, 0.1) is 12.6 Å². The largest absolute Gasteiger partial charge is 0.452 e. The molecule has 2 saturated heterocycles. The summed E-state index contributed by atoms with van der Waals surface area (Å²) in [6.45, 7) is 1.14. The minimum absolute atomic E-state index is 0.0994. The number of pyridine rings is 1. The molecule has 7 rings (SSSR count). The van der Waals surface area contributed by atoms with E-state index in [1.54, 1.807) is 47.0 Å².